The fourth-order valence-corrected chi connectivity index (χ4v) is 2.75. The molecule has 3 amide bonds. The van der Waals surface area contributed by atoms with Gasteiger partial charge in [0.1, 0.15) is 6.04 Å². The maximum atomic E-state index is 12.6. The molecule has 1 aromatic carbocycles. The Morgan fingerprint density at radius 1 is 1.19 bits per heavy atom. The highest BCUT2D eigenvalue weighted by Crippen LogP contribution is 2.25. The van der Waals surface area contributed by atoms with Gasteiger partial charge in [0.15, 0.2) is 0 Å². The van der Waals surface area contributed by atoms with Gasteiger partial charge in [0.2, 0.25) is 5.91 Å². The fraction of sp³-hybridized carbons (Fsp3) is 0.263. The Morgan fingerprint density at radius 2 is 1.92 bits per heavy atom. The maximum Gasteiger partial charge on any atom is 0.266 e. The van der Waals surface area contributed by atoms with E-state index >= 15 is 0 Å². The van der Waals surface area contributed by atoms with E-state index in [4.69, 9.17) is 0 Å². The van der Waals surface area contributed by atoms with Crippen LogP contribution in [0, 0.1) is 0 Å². The van der Waals surface area contributed by atoms with Crippen LogP contribution in [0.5, 0.6) is 0 Å². The predicted octanol–water partition coefficient (Wildman–Crippen LogP) is 1.77. The Hall–Kier alpha value is -3.06. The van der Waals surface area contributed by atoms with E-state index in [1.165, 1.54) is 6.20 Å². The highest BCUT2D eigenvalue weighted by molar-refractivity contribution is 6.22. The molecule has 7 nitrogen and oxygen atoms in total. The number of benzene rings is 1. The Morgan fingerprint density at radius 3 is 2.54 bits per heavy atom. The van der Waals surface area contributed by atoms with E-state index in [0.29, 0.717) is 17.2 Å². The summed E-state index contributed by atoms with van der Waals surface area (Å²) in [6, 6.07) is 9.80. The molecular weight excluding hydrogens is 332 g/mol. The molecule has 3 rings (SSSR count). The molecule has 1 fully saturated rings. The molecule has 0 unspecified atom stereocenters. The Bertz CT molecular complexity index is 818. The molecule has 0 spiro atoms. The summed E-state index contributed by atoms with van der Waals surface area (Å²) >= 11 is 0. The third-order valence-corrected chi connectivity index (χ3v) is 4.25. The first-order valence-electron chi connectivity index (χ1n) is 8.40. The predicted molar refractivity (Wildman–Crippen MR) is 96.3 cm³/mol. The van der Waals surface area contributed by atoms with Crippen molar-refractivity contribution < 1.29 is 14.4 Å². The van der Waals surface area contributed by atoms with Gasteiger partial charge in [0.05, 0.1) is 17.7 Å². The lowest BCUT2D eigenvalue weighted by atomic mass is 10.0. The standard InChI is InChI=1S/C19H20N4O3/c1-12(2)13-5-7-15(8-6-13)23-17(24)10-16(19(23)26)21-22-18(25)14-4-3-9-20-11-14/h3-9,11-12,16,21H,10H2,1-2H3,(H,22,25)/t16-/m0/s1. The second kappa shape index (κ2) is 7.45. The number of hydrazine groups is 1. The summed E-state index contributed by atoms with van der Waals surface area (Å²) in [6.07, 6.45) is 2.96. The Balaban J connectivity index is 1.66. The molecule has 1 aromatic heterocycles. The molecule has 0 saturated carbocycles. The van der Waals surface area contributed by atoms with Crippen LogP contribution in [-0.2, 0) is 9.59 Å². The topological polar surface area (TPSA) is 91.4 Å². The second-order valence-corrected chi connectivity index (χ2v) is 6.41. The van der Waals surface area contributed by atoms with Crippen molar-refractivity contribution in [3.63, 3.8) is 0 Å². The monoisotopic (exact) mass is 352 g/mol. The first-order chi connectivity index (χ1) is 12.5. The van der Waals surface area contributed by atoms with Crippen molar-refractivity contribution in [2.75, 3.05) is 4.90 Å². The number of nitrogens with zero attached hydrogens (tertiary/aromatic N) is 2. The molecule has 1 aliphatic heterocycles. The minimum atomic E-state index is -0.798. The molecule has 7 heteroatoms. The van der Waals surface area contributed by atoms with Crippen molar-refractivity contribution in [2.45, 2.75) is 32.2 Å². The van der Waals surface area contributed by atoms with E-state index in [1.807, 2.05) is 12.1 Å². The highest BCUT2D eigenvalue weighted by Gasteiger charge is 2.39. The molecule has 0 aliphatic carbocycles. The van der Waals surface area contributed by atoms with Crippen LogP contribution in [0.3, 0.4) is 0 Å². The van der Waals surface area contributed by atoms with Gasteiger partial charge < -0.3 is 0 Å². The van der Waals surface area contributed by atoms with E-state index in [-0.39, 0.29) is 12.3 Å². The van der Waals surface area contributed by atoms with Gasteiger partial charge >= 0.3 is 0 Å². The van der Waals surface area contributed by atoms with Gasteiger partial charge in [-0.1, -0.05) is 26.0 Å². The summed E-state index contributed by atoms with van der Waals surface area (Å²) in [5.74, 6) is -0.747. The number of pyridine rings is 1. The van der Waals surface area contributed by atoms with Crippen LogP contribution in [-0.4, -0.2) is 28.7 Å². The maximum absolute atomic E-state index is 12.6. The van der Waals surface area contributed by atoms with Crippen LogP contribution in [0.4, 0.5) is 5.69 Å². The molecule has 2 aromatic rings. The molecule has 134 valence electrons. The summed E-state index contributed by atoms with van der Waals surface area (Å²) in [5, 5.41) is 0. The lowest BCUT2D eigenvalue weighted by Crippen LogP contribution is -2.48. The molecule has 1 saturated heterocycles. The summed E-state index contributed by atoms with van der Waals surface area (Å²) in [7, 11) is 0. The summed E-state index contributed by atoms with van der Waals surface area (Å²) in [5.41, 5.74) is 7.13. The summed E-state index contributed by atoms with van der Waals surface area (Å²) in [4.78, 5) is 41.9. The second-order valence-electron chi connectivity index (χ2n) is 6.41. The van der Waals surface area contributed by atoms with Crippen LogP contribution in [0.15, 0.2) is 48.8 Å². The summed E-state index contributed by atoms with van der Waals surface area (Å²) in [6.45, 7) is 4.15. The number of hydrogen-bond donors (Lipinski definition) is 2. The van der Waals surface area contributed by atoms with Gasteiger partial charge in [0.25, 0.3) is 11.8 Å². The molecule has 1 atom stereocenters. The number of anilines is 1. The van der Waals surface area contributed by atoms with Crippen LogP contribution in [0.1, 0.15) is 42.1 Å². The first-order valence-corrected chi connectivity index (χ1v) is 8.40. The quantitative estimate of drug-likeness (QED) is 0.632. The van der Waals surface area contributed by atoms with E-state index in [0.717, 1.165) is 10.5 Å². The summed E-state index contributed by atoms with van der Waals surface area (Å²) < 4.78 is 0. The molecule has 2 heterocycles. The third kappa shape index (κ3) is 3.62. The number of amides is 3. The zero-order valence-electron chi connectivity index (χ0n) is 14.6. The third-order valence-electron chi connectivity index (χ3n) is 4.25. The number of hydrogen-bond acceptors (Lipinski definition) is 5. The van der Waals surface area contributed by atoms with Crippen LogP contribution in [0.25, 0.3) is 0 Å². The van der Waals surface area contributed by atoms with Crippen LogP contribution >= 0.6 is 0 Å². The Labute approximate surface area is 151 Å². The van der Waals surface area contributed by atoms with Gasteiger partial charge in [-0.2, -0.15) is 0 Å². The zero-order valence-corrected chi connectivity index (χ0v) is 14.6. The van der Waals surface area contributed by atoms with Crippen molar-refractivity contribution in [3.05, 3.63) is 59.9 Å². The Kier molecular flexibility index (Phi) is 5.09. The van der Waals surface area contributed by atoms with Gasteiger partial charge in [-0.05, 0) is 35.7 Å². The SMILES string of the molecule is CC(C)c1ccc(N2C(=O)C[C@H](NNC(=O)c3cccnc3)C2=O)cc1. The fourth-order valence-electron chi connectivity index (χ4n) is 2.75. The van der Waals surface area contributed by atoms with E-state index < -0.39 is 17.9 Å². The van der Waals surface area contributed by atoms with Crippen LogP contribution in [0.2, 0.25) is 0 Å². The van der Waals surface area contributed by atoms with Gasteiger partial charge in [-0.15, -0.1) is 0 Å². The van der Waals surface area contributed by atoms with Gasteiger partial charge in [-0.25, -0.2) is 10.3 Å². The molecule has 1 aliphatic rings. The minimum Gasteiger partial charge on any atom is -0.287 e. The van der Waals surface area contributed by atoms with Crippen molar-refractivity contribution in [1.82, 2.24) is 15.8 Å². The van der Waals surface area contributed by atoms with Crippen molar-refractivity contribution in [1.29, 1.82) is 0 Å². The lowest BCUT2D eigenvalue weighted by molar-refractivity contribution is -0.121. The number of carbonyl (C=O) groups excluding carboxylic acids is 3. The molecule has 2 N–H and O–H groups in total. The number of aromatic nitrogens is 1. The van der Waals surface area contributed by atoms with Crippen molar-refractivity contribution in [3.8, 4) is 0 Å². The average Bonchev–Trinajstić information content (AvgIpc) is 2.94. The molecule has 0 bridgehead atoms. The lowest BCUT2D eigenvalue weighted by Gasteiger charge is -2.17. The number of carbonyl (C=O) groups is 3. The van der Waals surface area contributed by atoms with E-state index in [1.54, 1.807) is 30.5 Å². The smallest absolute Gasteiger partial charge is 0.266 e. The minimum absolute atomic E-state index is 0.0158. The largest absolute Gasteiger partial charge is 0.287 e. The average molecular weight is 352 g/mol. The van der Waals surface area contributed by atoms with Crippen molar-refractivity contribution in [2.24, 2.45) is 0 Å². The van der Waals surface area contributed by atoms with E-state index in [2.05, 4.69) is 29.7 Å². The molecular formula is C19H20N4O3. The van der Waals surface area contributed by atoms with Crippen LogP contribution < -0.4 is 15.8 Å². The number of nitrogens with one attached hydrogen (secondary N) is 2. The number of imide groups is 1. The molecule has 0 radical (unpaired) electrons. The van der Waals surface area contributed by atoms with Gasteiger partial charge in [-0.3, -0.25) is 24.8 Å². The number of rotatable bonds is 5. The zero-order chi connectivity index (χ0) is 18.7. The van der Waals surface area contributed by atoms with E-state index in [9.17, 15) is 14.4 Å². The molecule has 26 heavy (non-hydrogen) atoms. The van der Waals surface area contributed by atoms with Gasteiger partial charge in [0, 0.05) is 12.4 Å². The highest BCUT2D eigenvalue weighted by atomic mass is 16.2. The normalized spacial score (nSPS) is 17.0. The first kappa shape index (κ1) is 17.8. The van der Waals surface area contributed by atoms with Crippen molar-refractivity contribution >= 4 is 23.4 Å².